The van der Waals surface area contributed by atoms with Gasteiger partial charge in [0.1, 0.15) is 12.4 Å². The first-order chi connectivity index (χ1) is 13.3. The second-order valence-electron chi connectivity index (χ2n) is 5.63. The number of halogens is 3. The van der Waals surface area contributed by atoms with Crippen molar-refractivity contribution in [1.82, 2.24) is 14.8 Å². The van der Waals surface area contributed by atoms with Crippen molar-refractivity contribution in [2.45, 2.75) is 12.8 Å². The van der Waals surface area contributed by atoms with Gasteiger partial charge in [0.05, 0.1) is 25.5 Å². The van der Waals surface area contributed by atoms with E-state index < -0.39 is 11.7 Å². The highest BCUT2D eigenvalue weighted by Gasteiger charge is 2.30. The lowest BCUT2D eigenvalue weighted by Crippen LogP contribution is -2.08. The van der Waals surface area contributed by atoms with Crippen molar-refractivity contribution in [1.29, 1.82) is 0 Å². The number of nitrogens with one attached hydrogen (secondary N) is 1. The Morgan fingerprint density at radius 2 is 1.82 bits per heavy atom. The van der Waals surface area contributed by atoms with Crippen LogP contribution in [0.3, 0.4) is 0 Å². The third-order valence-corrected chi connectivity index (χ3v) is 4.17. The molecular formula is C18H16F3N3O3S. The Balaban J connectivity index is 1.87. The zero-order valence-electron chi connectivity index (χ0n) is 14.9. The molecule has 10 heteroatoms. The maximum absolute atomic E-state index is 12.8. The van der Waals surface area contributed by atoms with Gasteiger partial charge in [0.15, 0.2) is 22.1 Å². The van der Waals surface area contributed by atoms with Gasteiger partial charge in [-0.2, -0.15) is 18.3 Å². The molecule has 0 fully saturated rings. The molecule has 0 unspecified atom stereocenters. The lowest BCUT2D eigenvalue weighted by molar-refractivity contribution is -0.137. The minimum absolute atomic E-state index is 0.0719. The number of alkyl halides is 3. The van der Waals surface area contributed by atoms with Crippen LogP contribution in [0.4, 0.5) is 13.2 Å². The maximum Gasteiger partial charge on any atom is 0.416 e. The highest BCUT2D eigenvalue weighted by Crippen LogP contribution is 2.32. The summed E-state index contributed by atoms with van der Waals surface area (Å²) in [6.45, 7) is -0.0944. The van der Waals surface area contributed by atoms with E-state index >= 15 is 0 Å². The van der Waals surface area contributed by atoms with Crippen LogP contribution in [-0.2, 0) is 12.8 Å². The van der Waals surface area contributed by atoms with E-state index in [1.54, 1.807) is 22.8 Å². The summed E-state index contributed by atoms with van der Waals surface area (Å²) in [5, 5.41) is 6.76. The van der Waals surface area contributed by atoms with Crippen LogP contribution in [0.15, 0.2) is 42.5 Å². The third-order valence-electron chi connectivity index (χ3n) is 3.90. The van der Waals surface area contributed by atoms with Crippen LogP contribution in [0, 0.1) is 4.77 Å². The lowest BCUT2D eigenvalue weighted by atomic mass is 10.2. The molecule has 0 aliphatic carbocycles. The summed E-state index contributed by atoms with van der Waals surface area (Å²) in [7, 11) is 3.03. The second-order valence-corrected chi connectivity index (χ2v) is 6.02. The first kappa shape index (κ1) is 19.7. The Labute approximate surface area is 163 Å². The van der Waals surface area contributed by atoms with Crippen molar-refractivity contribution < 1.29 is 27.4 Å². The number of aromatic amines is 1. The van der Waals surface area contributed by atoms with E-state index in [-0.39, 0.29) is 12.4 Å². The van der Waals surface area contributed by atoms with Gasteiger partial charge in [-0.3, -0.25) is 9.67 Å². The molecule has 0 atom stereocenters. The molecule has 1 heterocycles. The minimum atomic E-state index is -4.45. The van der Waals surface area contributed by atoms with Crippen LogP contribution in [0.1, 0.15) is 11.4 Å². The van der Waals surface area contributed by atoms with Crippen molar-refractivity contribution in [2.24, 2.45) is 0 Å². The number of ether oxygens (including phenoxy) is 3. The molecule has 0 aliphatic rings. The highest BCUT2D eigenvalue weighted by atomic mass is 32.1. The molecule has 0 aliphatic heterocycles. The summed E-state index contributed by atoms with van der Waals surface area (Å²) in [5.41, 5.74) is -0.150. The molecule has 2 aromatic carbocycles. The van der Waals surface area contributed by atoms with E-state index in [0.29, 0.717) is 27.8 Å². The van der Waals surface area contributed by atoms with Gasteiger partial charge in [-0.1, -0.05) is 6.07 Å². The summed E-state index contributed by atoms with van der Waals surface area (Å²) in [6, 6.07) is 9.80. The summed E-state index contributed by atoms with van der Waals surface area (Å²) in [6.07, 6.45) is -4.45. The quantitative estimate of drug-likeness (QED) is 0.604. The van der Waals surface area contributed by atoms with E-state index in [9.17, 15) is 13.2 Å². The summed E-state index contributed by atoms with van der Waals surface area (Å²) in [4.78, 5) is 0. The highest BCUT2D eigenvalue weighted by molar-refractivity contribution is 7.71. The first-order valence-electron chi connectivity index (χ1n) is 8.02. The predicted molar refractivity (Wildman–Crippen MR) is 97.6 cm³/mol. The number of hydrogen-bond donors (Lipinski definition) is 1. The Bertz CT molecular complexity index is 1030. The molecule has 28 heavy (non-hydrogen) atoms. The minimum Gasteiger partial charge on any atom is -0.493 e. The van der Waals surface area contributed by atoms with E-state index in [1.165, 1.54) is 26.4 Å². The standard InChI is InChI=1S/C18H16F3N3O3S/c1-25-14-7-6-12(9-15(14)26-2)24-16(22-23-17(24)28)10-27-13-5-3-4-11(8-13)18(19,20)21/h3-9H,10H2,1-2H3,(H,23,28). The van der Waals surface area contributed by atoms with Crippen LogP contribution in [0.2, 0.25) is 0 Å². The molecule has 3 rings (SSSR count). The Kier molecular flexibility index (Phi) is 5.59. The van der Waals surface area contributed by atoms with E-state index in [4.69, 9.17) is 26.4 Å². The summed E-state index contributed by atoms with van der Waals surface area (Å²) < 4.78 is 56.4. The fourth-order valence-corrected chi connectivity index (χ4v) is 2.82. The Morgan fingerprint density at radius 3 is 2.50 bits per heavy atom. The molecule has 0 amide bonds. The Morgan fingerprint density at radius 1 is 1.07 bits per heavy atom. The molecule has 0 saturated heterocycles. The molecule has 1 N–H and O–H groups in total. The Hall–Kier alpha value is -3.01. The summed E-state index contributed by atoms with van der Waals surface area (Å²) in [5.74, 6) is 1.49. The zero-order chi connectivity index (χ0) is 20.3. The summed E-state index contributed by atoms with van der Waals surface area (Å²) >= 11 is 5.26. The SMILES string of the molecule is COc1ccc(-n2c(COc3cccc(C(F)(F)F)c3)n[nH]c2=S)cc1OC. The zero-order valence-corrected chi connectivity index (χ0v) is 15.7. The average Bonchev–Trinajstić information content (AvgIpc) is 3.05. The number of rotatable bonds is 6. The van der Waals surface area contributed by atoms with Gasteiger partial charge in [0, 0.05) is 6.07 Å². The largest absolute Gasteiger partial charge is 0.493 e. The smallest absolute Gasteiger partial charge is 0.416 e. The van der Waals surface area contributed by atoms with E-state index in [0.717, 1.165) is 12.1 Å². The molecule has 3 aromatic rings. The third kappa shape index (κ3) is 4.11. The number of hydrogen-bond acceptors (Lipinski definition) is 5. The van der Waals surface area contributed by atoms with Crippen LogP contribution in [-0.4, -0.2) is 29.0 Å². The van der Waals surface area contributed by atoms with Crippen LogP contribution in [0.25, 0.3) is 5.69 Å². The van der Waals surface area contributed by atoms with Gasteiger partial charge < -0.3 is 14.2 Å². The second kappa shape index (κ2) is 7.93. The molecule has 0 bridgehead atoms. The number of benzene rings is 2. The van der Waals surface area contributed by atoms with Crippen molar-refractivity contribution in [3.8, 4) is 22.9 Å². The van der Waals surface area contributed by atoms with Crippen LogP contribution in [0.5, 0.6) is 17.2 Å². The fourth-order valence-electron chi connectivity index (χ4n) is 2.57. The molecule has 6 nitrogen and oxygen atoms in total. The van der Waals surface area contributed by atoms with E-state index in [1.807, 2.05) is 0 Å². The first-order valence-corrected chi connectivity index (χ1v) is 8.43. The van der Waals surface area contributed by atoms with Crippen molar-refractivity contribution in [2.75, 3.05) is 14.2 Å². The van der Waals surface area contributed by atoms with Crippen LogP contribution >= 0.6 is 12.2 Å². The van der Waals surface area contributed by atoms with Gasteiger partial charge in [0.2, 0.25) is 0 Å². The average molecular weight is 411 g/mol. The van der Waals surface area contributed by atoms with Gasteiger partial charge in [-0.25, -0.2) is 0 Å². The van der Waals surface area contributed by atoms with Crippen molar-refractivity contribution >= 4 is 12.2 Å². The number of H-pyrrole nitrogens is 1. The predicted octanol–water partition coefficient (Wildman–Crippen LogP) is 4.54. The lowest BCUT2D eigenvalue weighted by Gasteiger charge is -2.13. The number of nitrogens with zero attached hydrogens (tertiary/aromatic N) is 2. The molecule has 1 aromatic heterocycles. The monoisotopic (exact) mass is 411 g/mol. The number of methoxy groups -OCH3 is 2. The van der Waals surface area contributed by atoms with Gasteiger partial charge in [0.25, 0.3) is 0 Å². The van der Waals surface area contributed by atoms with Gasteiger partial charge in [-0.05, 0) is 42.5 Å². The molecule has 0 radical (unpaired) electrons. The molecule has 0 saturated carbocycles. The van der Waals surface area contributed by atoms with Crippen molar-refractivity contribution in [3.63, 3.8) is 0 Å². The van der Waals surface area contributed by atoms with E-state index in [2.05, 4.69) is 10.2 Å². The van der Waals surface area contributed by atoms with Crippen molar-refractivity contribution in [3.05, 3.63) is 58.6 Å². The fraction of sp³-hybridized carbons (Fsp3) is 0.222. The molecule has 0 spiro atoms. The van der Waals surface area contributed by atoms with Gasteiger partial charge in [-0.15, -0.1) is 0 Å². The topological polar surface area (TPSA) is 61.3 Å². The maximum atomic E-state index is 12.8. The normalized spacial score (nSPS) is 11.3. The molecule has 148 valence electrons. The molecular weight excluding hydrogens is 395 g/mol. The van der Waals surface area contributed by atoms with Crippen LogP contribution < -0.4 is 14.2 Å². The number of aromatic nitrogens is 3. The van der Waals surface area contributed by atoms with Gasteiger partial charge >= 0.3 is 6.18 Å².